The summed E-state index contributed by atoms with van der Waals surface area (Å²) in [4.78, 5) is 12.9. The summed E-state index contributed by atoms with van der Waals surface area (Å²) in [5.41, 5.74) is 5.80. The summed E-state index contributed by atoms with van der Waals surface area (Å²) in [5.74, 6) is -0.573. The Balaban J connectivity index is 1.91. The van der Waals surface area contributed by atoms with Crippen molar-refractivity contribution in [3.8, 4) is 0 Å². The van der Waals surface area contributed by atoms with Gasteiger partial charge in [0.2, 0.25) is 0 Å². The molecule has 0 aliphatic rings. The van der Waals surface area contributed by atoms with E-state index in [9.17, 15) is 13.2 Å². The highest BCUT2D eigenvalue weighted by Crippen LogP contribution is 2.29. The molecule has 1 amide bonds. The van der Waals surface area contributed by atoms with Gasteiger partial charge >= 0.3 is 0 Å². The minimum Gasteiger partial charge on any atom is -0.271 e. The lowest BCUT2D eigenvalue weighted by Crippen LogP contribution is -2.40. The SMILES string of the molecule is C/C(=N\NC(=O)CN(c1ccc(Cl)cc1C)S(=O)(=O)c1ccc(C)cc1)c1ccc(Br)cc1. The first kappa shape index (κ1) is 25.0. The summed E-state index contributed by atoms with van der Waals surface area (Å²) in [6.45, 7) is 4.92. The van der Waals surface area contributed by atoms with Crippen molar-refractivity contribution in [3.63, 3.8) is 0 Å². The molecular weight excluding hydrogens is 526 g/mol. The number of nitrogens with one attached hydrogen (secondary N) is 1. The van der Waals surface area contributed by atoms with E-state index in [1.165, 1.54) is 12.1 Å². The van der Waals surface area contributed by atoms with E-state index in [2.05, 4.69) is 26.5 Å². The molecule has 3 rings (SSSR count). The number of sulfonamides is 1. The van der Waals surface area contributed by atoms with Crippen molar-refractivity contribution in [1.29, 1.82) is 0 Å². The van der Waals surface area contributed by atoms with Crippen LogP contribution in [0, 0.1) is 13.8 Å². The number of carbonyl (C=O) groups excluding carboxylic acids is 1. The number of halogens is 2. The number of nitrogens with zero attached hydrogens (tertiary/aromatic N) is 2. The standard InChI is InChI=1S/C24H23BrClN3O3S/c1-16-4-11-22(12-5-16)33(31,32)29(23-13-10-21(26)14-17(23)2)15-24(30)28-27-18(3)19-6-8-20(25)9-7-19/h4-14H,15H2,1-3H3,(H,28,30)/b27-18+. The van der Waals surface area contributed by atoms with Gasteiger partial charge in [0.05, 0.1) is 16.3 Å². The average molecular weight is 549 g/mol. The third-order valence-corrected chi connectivity index (χ3v) is 7.47. The van der Waals surface area contributed by atoms with Crippen LogP contribution in [0.3, 0.4) is 0 Å². The number of benzene rings is 3. The largest absolute Gasteiger partial charge is 0.271 e. The molecule has 6 nitrogen and oxygen atoms in total. The molecule has 1 N–H and O–H groups in total. The summed E-state index contributed by atoms with van der Waals surface area (Å²) >= 11 is 9.44. The Labute approximate surface area is 207 Å². The fraction of sp³-hybridized carbons (Fsp3) is 0.167. The van der Waals surface area contributed by atoms with Crippen LogP contribution in [-0.2, 0) is 14.8 Å². The van der Waals surface area contributed by atoms with Crippen molar-refractivity contribution < 1.29 is 13.2 Å². The highest BCUT2D eigenvalue weighted by Gasteiger charge is 2.28. The Morgan fingerprint density at radius 2 is 1.67 bits per heavy atom. The van der Waals surface area contributed by atoms with Crippen molar-refractivity contribution in [2.75, 3.05) is 10.8 Å². The Morgan fingerprint density at radius 3 is 2.27 bits per heavy atom. The maximum Gasteiger partial charge on any atom is 0.264 e. The summed E-state index contributed by atoms with van der Waals surface area (Å²) in [6.07, 6.45) is 0. The smallest absolute Gasteiger partial charge is 0.264 e. The van der Waals surface area contributed by atoms with Gasteiger partial charge in [0.1, 0.15) is 6.54 Å². The molecule has 3 aromatic carbocycles. The lowest BCUT2D eigenvalue weighted by Gasteiger charge is -2.25. The van der Waals surface area contributed by atoms with Crippen LogP contribution >= 0.6 is 27.5 Å². The second-order valence-corrected chi connectivity index (χ2v) is 10.7. The van der Waals surface area contributed by atoms with E-state index in [0.29, 0.717) is 22.0 Å². The molecule has 0 spiro atoms. The molecule has 0 bridgehead atoms. The number of anilines is 1. The lowest BCUT2D eigenvalue weighted by atomic mass is 10.1. The highest BCUT2D eigenvalue weighted by atomic mass is 79.9. The molecule has 0 aliphatic heterocycles. The number of rotatable bonds is 7. The molecule has 0 fully saturated rings. The van der Waals surface area contributed by atoms with Crippen LogP contribution in [0.25, 0.3) is 0 Å². The van der Waals surface area contributed by atoms with Gasteiger partial charge in [-0.3, -0.25) is 9.10 Å². The van der Waals surface area contributed by atoms with Crippen LogP contribution in [0.2, 0.25) is 5.02 Å². The van der Waals surface area contributed by atoms with Crippen molar-refractivity contribution in [2.45, 2.75) is 25.7 Å². The molecule has 172 valence electrons. The average Bonchev–Trinajstić information content (AvgIpc) is 2.77. The van der Waals surface area contributed by atoms with E-state index in [4.69, 9.17) is 11.6 Å². The van der Waals surface area contributed by atoms with Gasteiger partial charge < -0.3 is 0 Å². The van der Waals surface area contributed by atoms with Crippen molar-refractivity contribution >= 4 is 54.9 Å². The zero-order valence-electron chi connectivity index (χ0n) is 18.3. The second kappa shape index (κ2) is 10.5. The number of aryl methyl sites for hydroxylation is 2. The maximum atomic E-state index is 13.5. The van der Waals surface area contributed by atoms with Crippen LogP contribution in [0.4, 0.5) is 5.69 Å². The van der Waals surface area contributed by atoms with Crippen LogP contribution in [-0.4, -0.2) is 26.6 Å². The quantitative estimate of drug-likeness (QED) is 0.315. The first-order chi connectivity index (χ1) is 15.6. The van der Waals surface area contributed by atoms with Crippen LogP contribution < -0.4 is 9.73 Å². The van der Waals surface area contributed by atoms with E-state index in [1.807, 2.05) is 31.2 Å². The Bertz CT molecular complexity index is 1290. The molecular formula is C24H23BrClN3O3S. The molecule has 3 aromatic rings. The summed E-state index contributed by atoms with van der Waals surface area (Å²) in [7, 11) is -4.02. The van der Waals surface area contributed by atoms with Gasteiger partial charge in [0.25, 0.3) is 15.9 Å². The first-order valence-corrected chi connectivity index (χ1v) is 12.6. The van der Waals surface area contributed by atoms with Gasteiger partial charge in [0.15, 0.2) is 0 Å². The van der Waals surface area contributed by atoms with Gasteiger partial charge in [-0.2, -0.15) is 5.10 Å². The summed E-state index contributed by atoms with van der Waals surface area (Å²) < 4.78 is 29.0. The van der Waals surface area contributed by atoms with E-state index >= 15 is 0 Å². The van der Waals surface area contributed by atoms with Gasteiger partial charge in [-0.25, -0.2) is 13.8 Å². The van der Waals surface area contributed by atoms with Gasteiger partial charge in [0, 0.05) is 9.50 Å². The summed E-state index contributed by atoms with van der Waals surface area (Å²) in [6, 6.07) is 18.8. The topological polar surface area (TPSA) is 78.8 Å². The first-order valence-electron chi connectivity index (χ1n) is 10.0. The zero-order chi connectivity index (χ0) is 24.2. The molecule has 0 aromatic heterocycles. The molecule has 33 heavy (non-hydrogen) atoms. The predicted molar refractivity (Wildman–Crippen MR) is 136 cm³/mol. The molecule has 9 heteroatoms. The van der Waals surface area contributed by atoms with Crippen molar-refractivity contribution in [3.05, 3.63) is 92.9 Å². The molecule has 0 saturated heterocycles. The number of hydrazone groups is 1. The number of carbonyl (C=O) groups is 1. The lowest BCUT2D eigenvalue weighted by molar-refractivity contribution is -0.119. The predicted octanol–water partition coefficient (Wildman–Crippen LogP) is 5.46. The summed E-state index contributed by atoms with van der Waals surface area (Å²) in [5, 5.41) is 4.61. The highest BCUT2D eigenvalue weighted by molar-refractivity contribution is 9.10. The molecule has 0 heterocycles. The van der Waals surface area contributed by atoms with Gasteiger partial charge in [-0.1, -0.05) is 57.4 Å². The normalized spacial score (nSPS) is 11.8. The molecule has 0 saturated carbocycles. The molecule has 0 atom stereocenters. The van der Waals surface area contributed by atoms with Crippen molar-refractivity contribution in [1.82, 2.24) is 5.43 Å². The molecule has 0 aliphatic carbocycles. The monoisotopic (exact) mass is 547 g/mol. The fourth-order valence-corrected chi connectivity index (χ4v) is 5.08. The number of amides is 1. The van der Waals surface area contributed by atoms with Gasteiger partial charge in [-0.05, 0) is 74.4 Å². The van der Waals surface area contributed by atoms with Crippen LogP contribution in [0.15, 0.2) is 81.2 Å². The second-order valence-electron chi connectivity index (χ2n) is 7.49. The molecule has 0 unspecified atom stereocenters. The van der Waals surface area contributed by atoms with Crippen LogP contribution in [0.5, 0.6) is 0 Å². The third kappa shape index (κ3) is 6.22. The number of hydrogen-bond donors (Lipinski definition) is 1. The Morgan fingerprint density at radius 1 is 1.03 bits per heavy atom. The van der Waals surface area contributed by atoms with E-state index < -0.39 is 22.5 Å². The number of hydrogen-bond acceptors (Lipinski definition) is 4. The van der Waals surface area contributed by atoms with E-state index in [0.717, 1.165) is 19.9 Å². The maximum absolute atomic E-state index is 13.5. The Kier molecular flexibility index (Phi) is 7.94. The minimum absolute atomic E-state index is 0.0878. The van der Waals surface area contributed by atoms with E-state index in [-0.39, 0.29) is 4.90 Å². The minimum atomic E-state index is -4.02. The molecule has 0 radical (unpaired) electrons. The Hall–Kier alpha value is -2.68. The van der Waals surface area contributed by atoms with Gasteiger partial charge in [-0.15, -0.1) is 0 Å². The third-order valence-electron chi connectivity index (χ3n) is 4.93. The van der Waals surface area contributed by atoms with E-state index in [1.54, 1.807) is 44.2 Å². The fourth-order valence-electron chi connectivity index (χ4n) is 3.10. The van der Waals surface area contributed by atoms with Crippen molar-refractivity contribution in [2.24, 2.45) is 5.10 Å². The van der Waals surface area contributed by atoms with Crippen LogP contribution in [0.1, 0.15) is 23.6 Å². The zero-order valence-corrected chi connectivity index (χ0v) is 21.5.